The monoisotopic (exact) mass is 719 g/mol. The molecule has 1 aliphatic heterocycles. The van der Waals surface area contributed by atoms with Crippen LogP contribution >= 0.6 is 7.82 Å². The smallest absolute Gasteiger partial charge is 0.460 e. The molecule has 14 heteroatoms. The number of ether oxygens (including phenoxy) is 2. The Bertz CT molecular complexity index is 1930. The molecular weight excluding hydrogens is 677 g/mol. The molecule has 0 radical (unpaired) electrons. The van der Waals surface area contributed by atoms with Gasteiger partial charge in [-0.25, -0.2) is 9.36 Å². The second kappa shape index (κ2) is 16.9. The van der Waals surface area contributed by atoms with Crippen molar-refractivity contribution in [3.63, 3.8) is 0 Å². The summed E-state index contributed by atoms with van der Waals surface area (Å²) in [4.78, 5) is 52.0. The molecular formula is C37H42N3O10P. The summed E-state index contributed by atoms with van der Waals surface area (Å²) in [5.74, 6) is -0.587. The van der Waals surface area contributed by atoms with Gasteiger partial charge in [0.1, 0.15) is 24.2 Å². The van der Waals surface area contributed by atoms with E-state index in [2.05, 4.69) is 10.3 Å². The highest BCUT2D eigenvalue weighted by atomic mass is 31.2. The number of esters is 1. The number of rotatable bonds is 15. The second-order valence-electron chi connectivity index (χ2n) is 12.3. The lowest BCUT2D eigenvalue weighted by molar-refractivity contribution is -0.149. The number of amides is 1. The summed E-state index contributed by atoms with van der Waals surface area (Å²) in [7, 11) is -4.10. The fourth-order valence-electron chi connectivity index (χ4n) is 5.78. The van der Waals surface area contributed by atoms with Gasteiger partial charge in [-0.3, -0.25) is 33.0 Å². The van der Waals surface area contributed by atoms with Crippen LogP contribution in [0.5, 0.6) is 5.75 Å². The quantitative estimate of drug-likeness (QED) is 0.123. The molecule has 3 atom stereocenters. The van der Waals surface area contributed by atoms with Gasteiger partial charge in [0.25, 0.3) is 5.56 Å². The highest BCUT2D eigenvalue weighted by molar-refractivity contribution is 7.48. The van der Waals surface area contributed by atoms with Crippen molar-refractivity contribution in [1.29, 1.82) is 0 Å². The van der Waals surface area contributed by atoms with Crippen LogP contribution in [0.3, 0.4) is 0 Å². The van der Waals surface area contributed by atoms with Crippen molar-refractivity contribution in [3.8, 4) is 5.75 Å². The largest absolute Gasteiger partial charge is 0.530 e. The van der Waals surface area contributed by atoms with Crippen LogP contribution in [0.25, 0.3) is 0 Å². The van der Waals surface area contributed by atoms with E-state index < -0.39 is 43.5 Å². The molecule has 1 saturated heterocycles. The first-order valence-electron chi connectivity index (χ1n) is 16.6. The number of aryl methyl sites for hydroxylation is 3. The van der Waals surface area contributed by atoms with E-state index in [0.29, 0.717) is 12.0 Å². The Hall–Kier alpha value is -4.81. The van der Waals surface area contributed by atoms with Crippen LogP contribution in [0.1, 0.15) is 59.9 Å². The van der Waals surface area contributed by atoms with Crippen molar-refractivity contribution < 1.29 is 37.2 Å². The van der Waals surface area contributed by atoms with E-state index in [1.165, 1.54) is 17.7 Å². The summed E-state index contributed by atoms with van der Waals surface area (Å²) in [6, 6.07) is 21.9. The van der Waals surface area contributed by atoms with E-state index in [9.17, 15) is 23.7 Å². The number of aromatic nitrogens is 2. The van der Waals surface area contributed by atoms with Crippen LogP contribution < -0.4 is 21.1 Å². The Morgan fingerprint density at radius 3 is 2.10 bits per heavy atom. The summed E-state index contributed by atoms with van der Waals surface area (Å²) in [6.07, 6.45) is -0.273. The first-order chi connectivity index (χ1) is 24.4. The second-order valence-corrected chi connectivity index (χ2v) is 13.9. The van der Waals surface area contributed by atoms with Gasteiger partial charge in [-0.1, -0.05) is 67.6 Å². The molecule has 0 spiro atoms. The number of aromatic amines is 1. The maximum Gasteiger partial charge on any atom is 0.530 e. The van der Waals surface area contributed by atoms with Gasteiger partial charge in [0.15, 0.2) is 0 Å². The summed E-state index contributed by atoms with van der Waals surface area (Å²) in [5.41, 5.74) is 3.06. The number of hydrogen-bond acceptors (Lipinski definition) is 10. The fourth-order valence-corrected chi connectivity index (χ4v) is 6.94. The first-order valence-corrected chi connectivity index (χ1v) is 18.1. The van der Waals surface area contributed by atoms with Crippen LogP contribution in [0.15, 0.2) is 88.6 Å². The number of hydrogen-bond donors (Lipinski definition) is 2. The summed E-state index contributed by atoms with van der Waals surface area (Å²) in [6.45, 7) is 6.72. The molecule has 1 amide bonds. The molecule has 3 aromatic carbocycles. The third-order valence-corrected chi connectivity index (χ3v) is 9.74. The number of carbonyl (C=O) groups is 2. The van der Waals surface area contributed by atoms with Gasteiger partial charge in [0.05, 0.1) is 19.6 Å². The van der Waals surface area contributed by atoms with Gasteiger partial charge in [0.2, 0.25) is 5.91 Å². The van der Waals surface area contributed by atoms with Crippen molar-refractivity contribution in [2.45, 2.75) is 78.6 Å². The van der Waals surface area contributed by atoms with Gasteiger partial charge in [0, 0.05) is 31.6 Å². The van der Waals surface area contributed by atoms with E-state index in [1.807, 2.05) is 74.5 Å². The van der Waals surface area contributed by atoms with Crippen LogP contribution in [0.2, 0.25) is 0 Å². The minimum atomic E-state index is -4.10. The summed E-state index contributed by atoms with van der Waals surface area (Å²) in [5, 5.41) is 2.85. The van der Waals surface area contributed by atoms with E-state index in [1.54, 1.807) is 19.1 Å². The maximum absolute atomic E-state index is 13.9. The molecule has 2 heterocycles. The molecule has 1 fully saturated rings. The standard InChI is InChI=1S/C37H42N3O10P/c1-5-29-21-40(37(44)39-36(29)43)35-19-32(48-26(4)41)33(49-35)20-38-34(42)18-31-24(2)16-30(17-25(31)3)50-51(45,46-22-27-12-8-6-9-13-27)47-23-28-14-10-7-11-15-28/h6-17,21,32-33,35H,5,18-20,22-23H2,1-4H3,(H,38,42)(H,39,43,44)/t32-,33+,35+/m0/s1. The number of H-pyrrole nitrogens is 1. The van der Waals surface area contributed by atoms with Crippen LogP contribution in [0.4, 0.5) is 0 Å². The minimum absolute atomic E-state index is 0.00595. The molecule has 4 aromatic rings. The van der Waals surface area contributed by atoms with Crippen LogP contribution in [0, 0.1) is 13.8 Å². The van der Waals surface area contributed by atoms with Crippen LogP contribution in [-0.4, -0.2) is 40.2 Å². The molecule has 5 rings (SSSR count). The van der Waals surface area contributed by atoms with Crippen LogP contribution in [-0.2, 0) is 58.7 Å². The first kappa shape index (κ1) is 37.4. The number of nitrogens with zero attached hydrogens (tertiary/aromatic N) is 1. The van der Waals surface area contributed by atoms with E-state index in [4.69, 9.17) is 23.0 Å². The zero-order valence-electron chi connectivity index (χ0n) is 29.0. The van der Waals surface area contributed by atoms with Gasteiger partial charge in [-0.05, 0) is 60.2 Å². The molecule has 1 aromatic heterocycles. The van der Waals surface area contributed by atoms with E-state index >= 15 is 0 Å². The third kappa shape index (κ3) is 10.1. The van der Waals surface area contributed by atoms with Gasteiger partial charge < -0.3 is 19.3 Å². The molecule has 2 N–H and O–H groups in total. The average molecular weight is 720 g/mol. The molecule has 13 nitrogen and oxygen atoms in total. The minimum Gasteiger partial charge on any atom is -0.460 e. The Morgan fingerprint density at radius 1 is 0.961 bits per heavy atom. The van der Waals surface area contributed by atoms with Crippen molar-refractivity contribution >= 4 is 19.7 Å². The van der Waals surface area contributed by atoms with Gasteiger partial charge >= 0.3 is 19.5 Å². The molecule has 0 saturated carbocycles. The average Bonchev–Trinajstić information content (AvgIpc) is 3.49. The van der Waals surface area contributed by atoms with Crippen molar-refractivity contribution in [1.82, 2.24) is 14.9 Å². The number of nitrogens with one attached hydrogen (secondary N) is 2. The van der Waals surface area contributed by atoms with E-state index in [-0.39, 0.29) is 44.3 Å². The SMILES string of the molecule is CCc1cn([C@H]2C[C@H](OC(C)=O)[C@@H](CNC(=O)Cc3c(C)cc(OP(=O)(OCc4ccccc4)OCc4ccccc4)cc3C)O2)c(=O)[nH]c1=O. The number of phosphoric ester groups is 1. The molecule has 0 unspecified atom stereocenters. The molecule has 51 heavy (non-hydrogen) atoms. The molecule has 270 valence electrons. The highest BCUT2D eigenvalue weighted by Crippen LogP contribution is 2.51. The lowest BCUT2D eigenvalue weighted by atomic mass is 9.99. The Kier molecular flexibility index (Phi) is 12.4. The zero-order valence-corrected chi connectivity index (χ0v) is 29.9. The lowest BCUT2D eigenvalue weighted by Crippen LogP contribution is -2.39. The fraction of sp³-hybridized carbons (Fsp3) is 0.351. The van der Waals surface area contributed by atoms with Crippen molar-refractivity contribution in [2.24, 2.45) is 0 Å². The zero-order chi connectivity index (χ0) is 36.5. The number of benzene rings is 3. The van der Waals surface area contributed by atoms with Crippen molar-refractivity contribution in [2.75, 3.05) is 6.54 Å². The topological polar surface area (TPSA) is 164 Å². The summed E-state index contributed by atoms with van der Waals surface area (Å²) >= 11 is 0. The molecule has 0 bridgehead atoms. The van der Waals surface area contributed by atoms with E-state index in [0.717, 1.165) is 27.8 Å². The number of carbonyl (C=O) groups excluding carboxylic acids is 2. The highest BCUT2D eigenvalue weighted by Gasteiger charge is 2.39. The van der Waals surface area contributed by atoms with Gasteiger partial charge in [-0.15, -0.1) is 0 Å². The summed E-state index contributed by atoms with van der Waals surface area (Å²) < 4.78 is 44.1. The normalized spacial score (nSPS) is 17.2. The molecule has 0 aliphatic carbocycles. The maximum atomic E-state index is 13.9. The predicted octanol–water partition coefficient (Wildman–Crippen LogP) is 5.21. The lowest BCUT2D eigenvalue weighted by Gasteiger charge is -2.21. The Morgan fingerprint density at radius 2 is 1.55 bits per heavy atom. The Labute approximate surface area is 295 Å². The Balaban J connectivity index is 1.25. The van der Waals surface area contributed by atoms with Crippen molar-refractivity contribution in [3.05, 3.63) is 133 Å². The third-order valence-electron chi connectivity index (χ3n) is 8.42. The molecule has 1 aliphatic rings. The predicted molar refractivity (Wildman–Crippen MR) is 188 cm³/mol. The van der Waals surface area contributed by atoms with Gasteiger partial charge in [-0.2, -0.15) is 0 Å². The number of phosphoric acid groups is 1.